The summed E-state index contributed by atoms with van der Waals surface area (Å²) in [5.74, 6) is 0.891. The van der Waals surface area contributed by atoms with Crippen LogP contribution < -0.4 is 5.32 Å². The van der Waals surface area contributed by atoms with Crippen molar-refractivity contribution in [1.82, 2.24) is 5.32 Å². The molecule has 0 bridgehead atoms. The van der Waals surface area contributed by atoms with E-state index in [1.807, 2.05) is 0 Å². The second-order valence-corrected chi connectivity index (χ2v) is 4.97. The maximum atomic E-state index is 3.66. The average Bonchev–Trinajstić information content (AvgIpc) is 2.82. The molecule has 2 unspecified atom stereocenters. The summed E-state index contributed by atoms with van der Waals surface area (Å²) in [6.07, 6.45) is 6.75. The Morgan fingerprint density at radius 2 is 1.93 bits per heavy atom. The smallest absolute Gasteiger partial charge is 0.00990 e. The lowest BCUT2D eigenvalue weighted by atomic mass is 9.80. The van der Waals surface area contributed by atoms with Gasteiger partial charge in [-0.15, -0.1) is 0 Å². The number of hydrogen-bond donors (Lipinski definition) is 1. The molecule has 0 aromatic heterocycles. The lowest BCUT2D eigenvalue weighted by molar-refractivity contribution is 0.349. The Balaban J connectivity index is 1.76. The van der Waals surface area contributed by atoms with Gasteiger partial charge in [0.15, 0.2) is 0 Å². The van der Waals surface area contributed by atoms with Crippen molar-refractivity contribution in [1.29, 1.82) is 0 Å². The molecule has 1 fully saturated rings. The monoisotopic (exact) mass is 201 g/mol. The van der Waals surface area contributed by atoms with Crippen LogP contribution in [0.3, 0.4) is 0 Å². The highest BCUT2D eigenvalue weighted by Crippen LogP contribution is 2.30. The summed E-state index contributed by atoms with van der Waals surface area (Å²) in [4.78, 5) is 0. The summed E-state index contributed by atoms with van der Waals surface area (Å²) >= 11 is 0. The van der Waals surface area contributed by atoms with Crippen LogP contribution in [0.2, 0.25) is 0 Å². The Hall–Kier alpha value is -0.820. The number of fused-ring (bicyclic) bond motifs is 1. The van der Waals surface area contributed by atoms with Crippen LogP contribution in [0.1, 0.15) is 30.4 Å². The molecule has 1 nitrogen and oxygen atoms in total. The third kappa shape index (κ3) is 1.81. The highest BCUT2D eigenvalue weighted by molar-refractivity contribution is 5.30. The molecule has 1 aromatic rings. The largest absolute Gasteiger partial charge is 0.314 e. The normalized spacial score (nSPS) is 30.1. The molecule has 1 heterocycles. The van der Waals surface area contributed by atoms with Gasteiger partial charge in [0.25, 0.3) is 0 Å². The van der Waals surface area contributed by atoms with Gasteiger partial charge in [-0.1, -0.05) is 24.3 Å². The number of hydrogen-bond acceptors (Lipinski definition) is 1. The first kappa shape index (κ1) is 9.41. The van der Waals surface area contributed by atoms with Crippen LogP contribution >= 0.6 is 0 Å². The molecule has 2 atom stereocenters. The van der Waals surface area contributed by atoms with Crippen molar-refractivity contribution < 1.29 is 0 Å². The maximum Gasteiger partial charge on any atom is 0.00990 e. The number of benzene rings is 1. The van der Waals surface area contributed by atoms with Crippen LogP contribution in [-0.4, -0.2) is 12.6 Å². The van der Waals surface area contributed by atoms with Gasteiger partial charge in [-0.25, -0.2) is 0 Å². The van der Waals surface area contributed by atoms with Gasteiger partial charge in [0.1, 0.15) is 0 Å². The van der Waals surface area contributed by atoms with Crippen molar-refractivity contribution in [2.45, 2.75) is 38.1 Å². The summed E-state index contributed by atoms with van der Waals surface area (Å²) in [6.45, 7) is 1.24. The van der Waals surface area contributed by atoms with Crippen molar-refractivity contribution in [2.75, 3.05) is 6.54 Å². The summed E-state index contributed by atoms with van der Waals surface area (Å²) in [6, 6.07) is 9.78. The van der Waals surface area contributed by atoms with E-state index in [4.69, 9.17) is 0 Å². The first-order valence-electron chi connectivity index (χ1n) is 6.23. The predicted molar refractivity (Wildman–Crippen MR) is 63.0 cm³/mol. The predicted octanol–water partition coefficient (Wildman–Crippen LogP) is 2.54. The molecule has 0 amide bonds. The highest BCUT2D eigenvalue weighted by Gasteiger charge is 2.27. The van der Waals surface area contributed by atoms with E-state index >= 15 is 0 Å². The van der Waals surface area contributed by atoms with E-state index < -0.39 is 0 Å². The van der Waals surface area contributed by atoms with Crippen LogP contribution in [0.4, 0.5) is 0 Å². The minimum absolute atomic E-state index is 0.804. The Labute approximate surface area is 91.9 Å². The topological polar surface area (TPSA) is 12.0 Å². The highest BCUT2D eigenvalue weighted by atomic mass is 14.9. The lowest BCUT2D eigenvalue weighted by Gasteiger charge is -2.29. The standard InChI is InChI=1S/C14H19N/c1-2-5-12-10-13(8-7-11(12)4-1)14-6-3-9-15-14/h1-2,4-5,13-15H,3,6-10H2. The maximum absolute atomic E-state index is 3.66. The number of aryl methyl sites for hydroxylation is 1. The zero-order chi connectivity index (χ0) is 10.1. The zero-order valence-electron chi connectivity index (χ0n) is 9.21. The molecular weight excluding hydrogens is 182 g/mol. The van der Waals surface area contributed by atoms with Crippen LogP contribution in [0.15, 0.2) is 24.3 Å². The van der Waals surface area contributed by atoms with E-state index in [0.717, 1.165) is 12.0 Å². The van der Waals surface area contributed by atoms with Gasteiger partial charge in [0, 0.05) is 6.04 Å². The number of rotatable bonds is 1. The van der Waals surface area contributed by atoms with Gasteiger partial charge in [0.05, 0.1) is 0 Å². The Bertz CT molecular complexity index is 339. The molecule has 1 saturated heterocycles. The molecule has 1 aliphatic carbocycles. The summed E-state index contributed by atoms with van der Waals surface area (Å²) in [5, 5.41) is 3.66. The minimum Gasteiger partial charge on any atom is -0.314 e. The van der Waals surface area contributed by atoms with Crippen LogP contribution in [0.25, 0.3) is 0 Å². The van der Waals surface area contributed by atoms with Crippen molar-refractivity contribution >= 4 is 0 Å². The van der Waals surface area contributed by atoms with Crippen LogP contribution in [0.5, 0.6) is 0 Å². The first-order valence-corrected chi connectivity index (χ1v) is 6.23. The minimum atomic E-state index is 0.804. The Morgan fingerprint density at radius 3 is 2.73 bits per heavy atom. The Kier molecular flexibility index (Phi) is 2.49. The molecule has 0 radical (unpaired) electrons. The van der Waals surface area contributed by atoms with E-state index in [2.05, 4.69) is 29.6 Å². The van der Waals surface area contributed by atoms with E-state index in [0.29, 0.717) is 0 Å². The molecule has 0 saturated carbocycles. The molecule has 1 N–H and O–H groups in total. The van der Waals surface area contributed by atoms with Crippen LogP contribution in [0, 0.1) is 5.92 Å². The molecule has 0 spiro atoms. The van der Waals surface area contributed by atoms with Crippen LogP contribution in [-0.2, 0) is 12.8 Å². The molecule has 1 heteroatoms. The third-order valence-corrected chi connectivity index (χ3v) is 4.05. The second-order valence-electron chi connectivity index (χ2n) is 4.97. The second kappa shape index (κ2) is 3.97. The van der Waals surface area contributed by atoms with Crippen molar-refractivity contribution in [3.05, 3.63) is 35.4 Å². The van der Waals surface area contributed by atoms with Gasteiger partial charge in [0.2, 0.25) is 0 Å². The first-order chi connectivity index (χ1) is 7.43. The molecule has 3 rings (SSSR count). The van der Waals surface area contributed by atoms with Gasteiger partial charge < -0.3 is 5.32 Å². The van der Waals surface area contributed by atoms with Gasteiger partial charge in [-0.2, -0.15) is 0 Å². The fourth-order valence-electron chi connectivity index (χ4n) is 3.18. The molecular formula is C14H19N. The quantitative estimate of drug-likeness (QED) is 0.736. The van der Waals surface area contributed by atoms with E-state index in [9.17, 15) is 0 Å². The van der Waals surface area contributed by atoms with Gasteiger partial charge >= 0.3 is 0 Å². The Morgan fingerprint density at radius 1 is 1.07 bits per heavy atom. The lowest BCUT2D eigenvalue weighted by Crippen LogP contribution is -2.34. The molecule has 15 heavy (non-hydrogen) atoms. The fourth-order valence-corrected chi connectivity index (χ4v) is 3.18. The van der Waals surface area contributed by atoms with Crippen molar-refractivity contribution in [3.8, 4) is 0 Å². The van der Waals surface area contributed by atoms with Gasteiger partial charge in [-0.05, 0) is 55.7 Å². The molecule has 1 aromatic carbocycles. The van der Waals surface area contributed by atoms with E-state index in [1.54, 1.807) is 11.1 Å². The van der Waals surface area contributed by atoms with Crippen molar-refractivity contribution in [2.24, 2.45) is 5.92 Å². The van der Waals surface area contributed by atoms with Crippen molar-refractivity contribution in [3.63, 3.8) is 0 Å². The average molecular weight is 201 g/mol. The third-order valence-electron chi connectivity index (χ3n) is 4.05. The SMILES string of the molecule is c1ccc2c(c1)CCC(C1CCCN1)C2. The van der Waals surface area contributed by atoms with Gasteiger partial charge in [-0.3, -0.25) is 0 Å². The summed E-state index contributed by atoms with van der Waals surface area (Å²) < 4.78 is 0. The van der Waals surface area contributed by atoms with E-state index in [1.165, 1.54) is 38.6 Å². The molecule has 2 aliphatic rings. The fraction of sp³-hybridized carbons (Fsp3) is 0.571. The summed E-state index contributed by atoms with van der Waals surface area (Å²) in [5.41, 5.74) is 3.19. The zero-order valence-corrected chi connectivity index (χ0v) is 9.21. The molecule has 80 valence electrons. The van der Waals surface area contributed by atoms with E-state index in [-0.39, 0.29) is 0 Å². The molecule has 1 aliphatic heterocycles. The number of nitrogens with one attached hydrogen (secondary N) is 1. The summed E-state index contributed by atoms with van der Waals surface area (Å²) in [7, 11) is 0.